The SMILES string of the molecule is Cc1c(-c2cn(C(C)C)c3cc(NS(C)(=O)=O)ccc23)ccc(C#N)c1Cl. The van der Waals surface area contributed by atoms with E-state index in [9.17, 15) is 13.7 Å². The predicted molar refractivity (Wildman–Crippen MR) is 111 cm³/mol. The van der Waals surface area contributed by atoms with Gasteiger partial charge in [0.1, 0.15) is 6.07 Å². The number of fused-ring (bicyclic) bond motifs is 1. The molecule has 0 atom stereocenters. The zero-order chi connectivity index (χ0) is 19.9. The number of halogens is 1. The molecule has 1 aromatic heterocycles. The Morgan fingerprint density at radius 2 is 1.89 bits per heavy atom. The molecule has 3 aromatic rings. The van der Waals surface area contributed by atoms with E-state index >= 15 is 0 Å². The number of benzene rings is 2. The van der Waals surface area contributed by atoms with E-state index in [0.717, 1.165) is 33.8 Å². The highest BCUT2D eigenvalue weighted by Crippen LogP contribution is 2.38. The largest absolute Gasteiger partial charge is 0.344 e. The first kappa shape index (κ1) is 19.3. The summed E-state index contributed by atoms with van der Waals surface area (Å²) in [7, 11) is -3.35. The lowest BCUT2D eigenvalue weighted by atomic mass is 9.98. The zero-order valence-corrected chi connectivity index (χ0v) is 17.1. The molecule has 0 fully saturated rings. The van der Waals surface area contributed by atoms with Gasteiger partial charge in [0, 0.05) is 23.2 Å². The zero-order valence-electron chi connectivity index (χ0n) is 15.5. The number of sulfonamides is 1. The van der Waals surface area contributed by atoms with Gasteiger partial charge in [-0.15, -0.1) is 0 Å². The fourth-order valence-corrected chi connectivity index (χ4v) is 4.00. The van der Waals surface area contributed by atoms with Gasteiger partial charge in [0.15, 0.2) is 0 Å². The number of anilines is 1. The van der Waals surface area contributed by atoms with Gasteiger partial charge in [0.05, 0.1) is 28.0 Å². The van der Waals surface area contributed by atoms with E-state index < -0.39 is 10.0 Å². The van der Waals surface area contributed by atoms with Crippen LogP contribution >= 0.6 is 11.6 Å². The minimum absolute atomic E-state index is 0.184. The third-order valence-corrected chi connectivity index (χ3v) is 5.58. The van der Waals surface area contributed by atoms with Crippen molar-refractivity contribution in [1.29, 1.82) is 5.26 Å². The Morgan fingerprint density at radius 3 is 2.48 bits per heavy atom. The molecule has 1 heterocycles. The third-order valence-electron chi connectivity index (χ3n) is 4.49. The molecule has 0 radical (unpaired) electrons. The molecule has 0 bridgehead atoms. The monoisotopic (exact) mass is 401 g/mol. The van der Waals surface area contributed by atoms with Crippen LogP contribution in [-0.4, -0.2) is 19.2 Å². The van der Waals surface area contributed by atoms with Crippen molar-refractivity contribution in [2.75, 3.05) is 11.0 Å². The Kier molecular flexibility index (Phi) is 4.94. The van der Waals surface area contributed by atoms with E-state index in [0.29, 0.717) is 16.3 Å². The fraction of sp³-hybridized carbons (Fsp3) is 0.250. The van der Waals surface area contributed by atoms with Crippen LogP contribution < -0.4 is 4.72 Å². The molecule has 1 N–H and O–H groups in total. The molecular formula is C20H20ClN3O2S. The normalized spacial score (nSPS) is 11.7. The van der Waals surface area contributed by atoms with Crippen LogP contribution in [0.15, 0.2) is 36.5 Å². The molecule has 0 aliphatic rings. The van der Waals surface area contributed by atoms with Crippen molar-refractivity contribution in [1.82, 2.24) is 4.57 Å². The first-order valence-electron chi connectivity index (χ1n) is 8.44. The minimum Gasteiger partial charge on any atom is -0.344 e. The molecule has 3 rings (SSSR count). The predicted octanol–water partition coefficient (Wildman–Crippen LogP) is 5.09. The van der Waals surface area contributed by atoms with Crippen LogP contribution in [0.1, 0.15) is 31.0 Å². The van der Waals surface area contributed by atoms with Gasteiger partial charge in [0.2, 0.25) is 10.0 Å². The number of hydrogen-bond acceptors (Lipinski definition) is 3. The summed E-state index contributed by atoms with van der Waals surface area (Å²) in [6, 6.07) is 11.4. The van der Waals surface area contributed by atoms with Crippen LogP contribution in [0.25, 0.3) is 22.0 Å². The summed E-state index contributed by atoms with van der Waals surface area (Å²) >= 11 is 6.36. The number of aromatic nitrogens is 1. The molecule has 0 aliphatic carbocycles. The molecule has 7 heteroatoms. The van der Waals surface area contributed by atoms with Gasteiger partial charge in [-0.1, -0.05) is 23.7 Å². The molecule has 0 unspecified atom stereocenters. The molecule has 27 heavy (non-hydrogen) atoms. The van der Waals surface area contributed by atoms with E-state index in [1.165, 1.54) is 0 Å². The Morgan fingerprint density at radius 1 is 1.19 bits per heavy atom. The van der Waals surface area contributed by atoms with E-state index in [1.807, 2.05) is 31.3 Å². The number of hydrogen-bond donors (Lipinski definition) is 1. The van der Waals surface area contributed by atoms with Crippen molar-refractivity contribution in [3.05, 3.63) is 52.7 Å². The van der Waals surface area contributed by atoms with Gasteiger partial charge < -0.3 is 4.57 Å². The molecule has 0 amide bonds. The minimum atomic E-state index is -3.35. The second kappa shape index (κ2) is 6.91. The summed E-state index contributed by atoms with van der Waals surface area (Å²) in [5.41, 5.74) is 4.68. The van der Waals surface area contributed by atoms with Gasteiger partial charge in [-0.3, -0.25) is 4.72 Å². The van der Waals surface area contributed by atoms with Gasteiger partial charge >= 0.3 is 0 Å². The molecular weight excluding hydrogens is 382 g/mol. The van der Waals surface area contributed by atoms with Crippen molar-refractivity contribution in [2.45, 2.75) is 26.8 Å². The van der Waals surface area contributed by atoms with Crippen LogP contribution in [0.5, 0.6) is 0 Å². The summed E-state index contributed by atoms with van der Waals surface area (Å²) in [5, 5.41) is 10.6. The molecule has 5 nitrogen and oxygen atoms in total. The summed E-state index contributed by atoms with van der Waals surface area (Å²) in [4.78, 5) is 0. The second-order valence-corrected chi connectivity index (χ2v) is 8.99. The van der Waals surface area contributed by atoms with Gasteiger partial charge in [-0.2, -0.15) is 5.26 Å². The Labute approximate surface area is 164 Å². The highest BCUT2D eigenvalue weighted by atomic mass is 35.5. The van der Waals surface area contributed by atoms with E-state index in [-0.39, 0.29) is 6.04 Å². The topological polar surface area (TPSA) is 74.9 Å². The van der Waals surface area contributed by atoms with Gasteiger partial charge in [-0.25, -0.2) is 8.42 Å². The summed E-state index contributed by atoms with van der Waals surface area (Å²) in [5.74, 6) is 0. The number of nitrogens with zero attached hydrogens (tertiary/aromatic N) is 2. The Hall–Kier alpha value is -2.49. The molecule has 0 spiro atoms. The molecule has 0 aliphatic heterocycles. The number of nitriles is 1. The lowest BCUT2D eigenvalue weighted by Gasteiger charge is -2.10. The van der Waals surface area contributed by atoms with Crippen LogP contribution in [0.3, 0.4) is 0 Å². The van der Waals surface area contributed by atoms with E-state index in [2.05, 4.69) is 29.2 Å². The van der Waals surface area contributed by atoms with Crippen molar-refractivity contribution in [3.8, 4) is 17.2 Å². The van der Waals surface area contributed by atoms with Crippen molar-refractivity contribution < 1.29 is 8.42 Å². The van der Waals surface area contributed by atoms with E-state index in [4.69, 9.17) is 11.6 Å². The fourth-order valence-electron chi connectivity index (χ4n) is 3.23. The van der Waals surface area contributed by atoms with Gasteiger partial charge in [-0.05, 0) is 50.1 Å². The summed E-state index contributed by atoms with van der Waals surface area (Å²) in [6.07, 6.45) is 3.18. The Bertz CT molecular complexity index is 1190. The summed E-state index contributed by atoms with van der Waals surface area (Å²) in [6.45, 7) is 6.04. The van der Waals surface area contributed by atoms with Crippen LogP contribution in [-0.2, 0) is 10.0 Å². The number of rotatable bonds is 4. The Balaban J connectivity index is 2.27. The second-order valence-electron chi connectivity index (χ2n) is 6.86. The standard InChI is InChI=1S/C20H20ClN3O2S/c1-12(2)24-11-18(16-7-5-14(10-22)20(21)13(16)3)17-8-6-15(9-19(17)24)23-27(4,25)26/h5-9,11-12,23H,1-4H3. The first-order chi connectivity index (χ1) is 12.6. The van der Waals surface area contributed by atoms with E-state index in [1.54, 1.807) is 12.1 Å². The third kappa shape index (κ3) is 3.66. The van der Waals surface area contributed by atoms with Crippen LogP contribution in [0, 0.1) is 18.3 Å². The summed E-state index contributed by atoms with van der Waals surface area (Å²) < 4.78 is 27.8. The van der Waals surface area contributed by atoms with Crippen molar-refractivity contribution in [3.63, 3.8) is 0 Å². The van der Waals surface area contributed by atoms with Crippen LogP contribution in [0.4, 0.5) is 5.69 Å². The van der Waals surface area contributed by atoms with Crippen molar-refractivity contribution >= 4 is 38.2 Å². The maximum atomic E-state index is 11.6. The average Bonchev–Trinajstić information content (AvgIpc) is 2.94. The highest BCUT2D eigenvalue weighted by molar-refractivity contribution is 7.92. The first-order valence-corrected chi connectivity index (χ1v) is 10.7. The lowest BCUT2D eigenvalue weighted by Crippen LogP contribution is -2.09. The molecule has 0 saturated heterocycles. The highest BCUT2D eigenvalue weighted by Gasteiger charge is 2.17. The van der Waals surface area contributed by atoms with Crippen molar-refractivity contribution in [2.24, 2.45) is 0 Å². The molecule has 2 aromatic carbocycles. The maximum absolute atomic E-state index is 11.6. The van der Waals surface area contributed by atoms with Gasteiger partial charge in [0.25, 0.3) is 0 Å². The maximum Gasteiger partial charge on any atom is 0.229 e. The smallest absolute Gasteiger partial charge is 0.229 e. The molecule has 0 saturated carbocycles. The lowest BCUT2D eigenvalue weighted by molar-refractivity contribution is 0.607. The quantitative estimate of drug-likeness (QED) is 0.661. The number of nitrogens with one attached hydrogen (secondary N) is 1. The van der Waals surface area contributed by atoms with Crippen LogP contribution in [0.2, 0.25) is 5.02 Å². The average molecular weight is 402 g/mol. The molecule has 140 valence electrons.